The van der Waals surface area contributed by atoms with E-state index in [9.17, 15) is 0 Å². The molecule has 0 spiro atoms. The summed E-state index contributed by atoms with van der Waals surface area (Å²) in [6.07, 6.45) is 2.76. The van der Waals surface area contributed by atoms with Gasteiger partial charge in [-0.2, -0.15) is 0 Å². The van der Waals surface area contributed by atoms with Crippen molar-refractivity contribution >= 4 is 22.9 Å². The summed E-state index contributed by atoms with van der Waals surface area (Å²) < 4.78 is 0. The second-order valence-corrected chi connectivity index (χ2v) is 6.29. The first kappa shape index (κ1) is 11.0. The van der Waals surface area contributed by atoms with Gasteiger partial charge in [0, 0.05) is 29.4 Å². The van der Waals surface area contributed by atoms with Crippen molar-refractivity contribution in [2.24, 2.45) is 5.92 Å². The van der Waals surface area contributed by atoms with Gasteiger partial charge in [-0.05, 0) is 37.9 Å². The second kappa shape index (κ2) is 4.65. The SMILES string of the molecule is Clc1csc(CNC2CN3CCC2CC3)c1. The van der Waals surface area contributed by atoms with Crippen molar-refractivity contribution in [2.75, 3.05) is 19.6 Å². The summed E-state index contributed by atoms with van der Waals surface area (Å²) in [4.78, 5) is 3.93. The van der Waals surface area contributed by atoms with E-state index in [1.807, 2.05) is 5.38 Å². The average Bonchev–Trinajstić information content (AvgIpc) is 2.74. The largest absolute Gasteiger partial charge is 0.308 e. The highest BCUT2D eigenvalue weighted by molar-refractivity contribution is 7.10. The van der Waals surface area contributed by atoms with E-state index >= 15 is 0 Å². The Morgan fingerprint density at radius 3 is 2.81 bits per heavy atom. The lowest BCUT2D eigenvalue weighted by molar-refractivity contribution is 0.0721. The predicted molar refractivity (Wildman–Crippen MR) is 69.1 cm³/mol. The maximum absolute atomic E-state index is 5.92. The maximum Gasteiger partial charge on any atom is 0.0516 e. The molecule has 16 heavy (non-hydrogen) atoms. The van der Waals surface area contributed by atoms with Crippen molar-refractivity contribution in [1.29, 1.82) is 0 Å². The molecule has 3 aliphatic heterocycles. The molecule has 1 atom stereocenters. The highest BCUT2D eigenvalue weighted by atomic mass is 35.5. The number of halogens is 1. The van der Waals surface area contributed by atoms with Crippen LogP contribution >= 0.6 is 22.9 Å². The van der Waals surface area contributed by atoms with Gasteiger partial charge >= 0.3 is 0 Å². The fraction of sp³-hybridized carbons (Fsp3) is 0.667. The van der Waals surface area contributed by atoms with E-state index in [4.69, 9.17) is 11.6 Å². The molecule has 4 rings (SSSR count). The zero-order chi connectivity index (χ0) is 11.0. The third kappa shape index (κ3) is 2.28. The topological polar surface area (TPSA) is 15.3 Å². The molecular weight excluding hydrogens is 240 g/mol. The predicted octanol–water partition coefficient (Wildman–Crippen LogP) is 2.59. The number of hydrogen-bond acceptors (Lipinski definition) is 3. The maximum atomic E-state index is 5.92. The van der Waals surface area contributed by atoms with Crippen molar-refractivity contribution < 1.29 is 0 Å². The Balaban J connectivity index is 1.55. The summed E-state index contributed by atoms with van der Waals surface area (Å²) >= 11 is 7.67. The molecule has 1 aromatic rings. The van der Waals surface area contributed by atoms with Gasteiger partial charge in [0.1, 0.15) is 0 Å². The van der Waals surface area contributed by atoms with E-state index in [1.165, 1.54) is 37.4 Å². The van der Waals surface area contributed by atoms with Gasteiger partial charge < -0.3 is 10.2 Å². The molecule has 1 aromatic heterocycles. The van der Waals surface area contributed by atoms with E-state index in [2.05, 4.69) is 16.3 Å². The lowest BCUT2D eigenvalue weighted by Gasteiger charge is -2.45. The molecule has 0 aromatic carbocycles. The molecule has 0 radical (unpaired) electrons. The number of nitrogens with one attached hydrogen (secondary N) is 1. The van der Waals surface area contributed by atoms with Gasteiger partial charge in [0.05, 0.1) is 5.02 Å². The Morgan fingerprint density at radius 1 is 1.44 bits per heavy atom. The molecule has 88 valence electrons. The first-order valence-electron chi connectivity index (χ1n) is 6.00. The van der Waals surface area contributed by atoms with Crippen LogP contribution in [0.25, 0.3) is 0 Å². The first-order chi connectivity index (χ1) is 7.81. The van der Waals surface area contributed by atoms with E-state index in [0.29, 0.717) is 6.04 Å². The Hall–Kier alpha value is -0.0900. The van der Waals surface area contributed by atoms with Gasteiger partial charge in [-0.25, -0.2) is 0 Å². The first-order valence-corrected chi connectivity index (χ1v) is 7.25. The molecule has 3 saturated heterocycles. The van der Waals surface area contributed by atoms with Crippen LogP contribution in [0.4, 0.5) is 0 Å². The zero-order valence-electron chi connectivity index (χ0n) is 9.29. The highest BCUT2D eigenvalue weighted by Gasteiger charge is 2.33. The van der Waals surface area contributed by atoms with Crippen molar-refractivity contribution in [3.05, 3.63) is 21.3 Å². The third-order valence-electron chi connectivity index (χ3n) is 3.82. The van der Waals surface area contributed by atoms with Crippen molar-refractivity contribution in [2.45, 2.75) is 25.4 Å². The summed E-state index contributed by atoms with van der Waals surface area (Å²) in [5, 5.41) is 6.57. The van der Waals surface area contributed by atoms with Gasteiger partial charge in [-0.1, -0.05) is 11.6 Å². The van der Waals surface area contributed by atoms with E-state index < -0.39 is 0 Å². The lowest BCUT2D eigenvalue weighted by Crippen LogP contribution is -2.55. The van der Waals surface area contributed by atoms with Crippen LogP contribution in [0.3, 0.4) is 0 Å². The van der Waals surface area contributed by atoms with Crippen molar-refractivity contribution in [3.63, 3.8) is 0 Å². The Labute approximate surface area is 106 Å². The fourth-order valence-corrected chi connectivity index (χ4v) is 3.90. The molecule has 3 fully saturated rings. The third-order valence-corrected chi connectivity index (χ3v) is 5.10. The standard InChI is InChI=1S/C12H17ClN2S/c13-10-5-11(16-8-10)6-14-12-7-15-3-1-9(12)2-4-15/h5,8-9,12,14H,1-4,6-7H2. The second-order valence-electron chi connectivity index (χ2n) is 4.86. The number of piperidine rings is 3. The van der Waals surface area contributed by atoms with E-state index in [1.54, 1.807) is 11.3 Å². The summed E-state index contributed by atoms with van der Waals surface area (Å²) in [6.45, 7) is 4.84. The number of fused-ring (bicyclic) bond motifs is 3. The molecule has 0 saturated carbocycles. The van der Waals surface area contributed by atoms with Crippen LogP contribution in [-0.2, 0) is 6.54 Å². The quantitative estimate of drug-likeness (QED) is 0.894. The molecular formula is C12H17ClN2S. The van der Waals surface area contributed by atoms with Gasteiger partial charge in [-0.3, -0.25) is 0 Å². The van der Waals surface area contributed by atoms with Crippen LogP contribution in [0.15, 0.2) is 11.4 Å². The fourth-order valence-electron chi connectivity index (χ4n) is 2.87. The van der Waals surface area contributed by atoms with Gasteiger partial charge in [0.15, 0.2) is 0 Å². The molecule has 4 heterocycles. The molecule has 1 unspecified atom stereocenters. The minimum absolute atomic E-state index is 0.698. The van der Waals surface area contributed by atoms with Crippen molar-refractivity contribution in [1.82, 2.24) is 10.2 Å². The number of rotatable bonds is 3. The normalized spacial score (nSPS) is 33.2. The minimum Gasteiger partial charge on any atom is -0.308 e. The van der Waals surface area contributed by atoms with Crippen LogP contribution in [-0.4, -0.2) is 30.6 Å². The molecule has 4 heteroatoms. The molecule has 0 amide bonds. The summed E-state index contributed by atoms with van der Waals surface area (Å²) in [7, 11) is 0. The smallest absolute Gasteiger partial charge is 0.0516 e. The minimum atomic E-state index is 0.698. The summed E-state index contributed by atoms with van der Waals surface area (Å²) in [5.74, 6) is 0.903. The Bertz CT molecular complexity index is 358. The summed E-state index contributed by atoms with van der Waals surface area (Å²) in [5.41, 5.74) is 0. The lowest BCUT2D eigenvalue weighted by atomic mass is 9.84. The van der Waals surface area contributed by atoms with Crippen LogP contribution in [0, 0.1) is 5.92 Å². The molecule has 3 aliphatic rings. The van der Waals surface area contributed by atoms with Gasteiger partial charge in [-0.15, -0.1) is 11.3 Å². The Morgan fingerprint density at radius 2 is 2.25 bits per heavy atom. The zero-order valence-corrected chi connectivity index (χ0v) is 10.9. The molecule has 2 bridgehead atoms. The van der Waals surface area contributed by atoms with E-state index in [-0.39, 0.29) is 0 Å². The van der Waals surface area contributed by atoms with Crippen molar-refractivity contribution in [3.8, 4) is 0 Å². The molecule has 1 N–H and O–H groups in total. The number of hydrogen-bond donors (Lipinski definition) is 1. The number of nitrogens with zero attached hydrogens (tertiary/aromatic N) is 1. The average molecular weight is 257 g/mol. The Kier molecular flexibility index (Phi) is 3.20. The van der Waals surface area contributed by atoms with Crippen LogP contribution in [0.5, 0.6) is 0 Å². The van der Waals surface area contributed by atoms with Gasteiger partial charge in [0.2, 0.25) is 0 Å². The van der Waals surface area contributed by atoms with Gasteiger partial charge in [0.25, 0.3) is 0 Å². The monoisotopic (exact) mass is 256 g/mol. The molecule has 0 aliphatic carbocycles. The summed E-state index contributed by atoms with van der Waals surface area (Å²) in [6, 6.07) is 2.77. The van der Waals surface area contributed by atoms with Crippen LogP contribution in [0.1, 0.15) is 17.7 Å². The van der Waals surface area contributed by atoms with Crippen LogP contribution in [0.2, 0.25) is 5.02 Å². The molecule has 2 nitrogen and oxygen atoms in total. The van der Waals surface area contributed by atoms with E-state index in [0.717, 1.165) is 17.5 Å². The number of thiophene rings is 1. The van der Waals surface area contributed by atoms with Crippen LogP contribution < -0.4 is 5.32 Å². The highest BCUT2D eigenvalue weighted by Crippen LogP contribution is 2.28.